The minimum atomic E-state index is 0.383. The summed E-state index contributed by atoms with van der Waals surface area (Å²) in [6, 6.07) is 4.07. The molecule has 1 atom stereocenters. The first kappa shape index (κ1) is 12.1. The van der Waals surface area contributed by atoms with Crippen molar-refractivity contribution < 1.29 is 5.11 Å². The fourth-order valence-corrected chi connectivity index (χ4v) is 1.94. The molecule has 15 heavy (non-hydrogen) atoms. The molecule has 1 nitrogen and oxygen atoms in total. The van der Waals surface area contributed by atoms with Crippen LogP contribution in [0.1, 0.15) is 62.6 Å². The van der Waals surface area contributed by atoms with Crippen molar-refractivity contribution in [2.75, 3.05) is 0 Å². The molecule has 0 aliphatic heterocycles. The van der Waals surface area contributed by atoms with Crippen LogP contribution in [0.5, 0.6) is 5.75 Å². The number of phenolic OH excluding ortho intramolecular Hbond substituents is 1. The van der Waals surface area contributed by atoms with Crippen molar-refractivity contribution in [3.8, 4) is 5.75 Å². The monoisotopic (exact) mass is 206 g/mol. The molecule has 0 aliphatic rings. The van der Waals surface area contributed by atoms with Gasteiger partial charge in [0.2, 0.25) is 0 Å². The second-order valence-corrected chi connectivity index (χ2v) is 4.73. The molecule has 0 fully saturated rings. The van der Waals surface area contributed by atoms with Crippen LogP contribution in [0.15, 0.2) is 12.1 Å². The summed E-state index contributed by atoms with van der Waals surface area (Å²) in [5.41, 5.74) is 3.64. The fourth-order valence-electron chi connectivity index (χ4n) is 1.94. The minimum Gasteiger partial charge on any atom is -0.508 e. The molecule has 1 aromatic carbocycles. The van der Waals surface area contributed by atoms with Crippen LogP contribution in [0.2, 0.25) is 0 Å². The Labute approximate surface area is 93.1 Å². The smallest absolute Gasteiger partial charge is 0.119 e. The summed E-state index contributed by atoms with van der Waals surface area (Å²) in [6.07, 6.45) is 1.14. The zero-order valence-electron chi connectivity index (χ0n) is 10.5. The maximum atomic E-state index is 9.84. The second-order valence-electron chi connectivity index (χ2n) is 4.73. The first-order chi connectivity index (χ1) is 6.97. The molecule has 1 unspecified atom stereocenters. The highest BCUT2D eigenvalue weighted by atomic mass is 16.3. The van der Waals surface area contributed by atoms with E-state index in [0.29, 0.717) is 17.6 Å². The summed E-state index contributed by atoms with van der Waals surface area (Å²) in [5.74, 6) is 1.39. The number of aryl methyl sites for hydroxylation is 1. The molecule has 0 aliphatic carbocycles. The van der Waals surface area contributed by atoms with E-state index in [4.69, 9.17) is 0 Å². The third-order valence-electron chi connectivity index (χ3n) is 3.18. The number of benzene rings is 1. The van der Waals surface area contributed by atoms with Crippen molar-refractivity contribution in [2.24, 2.45) is 0 Å². The molecule has 0 bridgehead atoms. The standard InChI is InChI=1S/C14H22O/c1-6-10(4)13-8-12(9(2)3)14(15)7-11(13)5/h7-10,15H,6H2,1-5H3. The van der Waals surface area contributed by atoms with Gasteiger partial charge in [-0.05, 0) is 47.9 Å². The van der Waals surface area contributed by atoms with Gasteiger partial charge < -0.3 is 5.11 Å². The SMILES string of the molecule is CCC(C)c1cc(C(C)C)c(O)cc1C. The Kier molecular flexibility index (Phi) is 3.78. The summed E-state index contributed by atoms with van der Waals surface area (Å²) >= 11 is 0. The third kappa shape index (κ3) is 2.53. The fraction of sp³-hybridized carbons (Fsp3) is 0.571. The van der Waals surface area contributed by atoms with Crippen LogP contribution in [0.25, 0.3) is 0 Å². The van der Waals surface area contributed by atoms with Gasteiger partial charge in [-0.25, -0.2) is 0 Å². The Morgan fingerprint density at radius 3 is 2.20 bits per heavy atom. The first-order valence-electron chi connectivity index (χ1n) is 5.80. The van der Waals surface area contributed by atoms with Gasteiger partial charge in [-0.2, -0.15) is 0 Å². The van der Waals surface area contributed by atoms with E-state index in [1.54, 1.807) is 0 Å². The molecule has 0 heterocycles. The third-order valence-corrected chi connectivity index (χ3v) is 3.18. The summed E-state index contributed by atoms with van der Waals surface area (Å²) in [6.45, 7) is 10.7. The molecular formula is C14H22O. The van der Waals surface area contributed by atoms with Gasteiger partial charge >= 0.3 is 0 Å². The molecule has 1 N–H and O–H groups in total. The van der Waals surface area contributed by atoms with Crippen molar-refractivity contribution in [1.82, 2.24) is 0 Å². The number of aromatic hydroxyl groups is 1. The Morgan fingerprint density at radius 2 is 1.73 bits per heavy atom. The van der Waals surface area contributed by atoms with E-state index in [1.165, 1.54) is 11.1 Å². The van der Waals surface area contributed by atoms with Crippen molar-refractivity contribution in [3.63, 3.8) is 0 Å². The average Bonchev–Trinajstić information content (AvgIpc) is 2.16. The predicted octanol–water partition coefficient (Wildman–Crippen LogP) is 4.34. The van der Waals surface area contributed by atoms with E-state index >= 15 is 0 Å². The normalized spacial score (nSPS) is 13.2. The molecule has 1 heteroatoms. The van der Waals surface area contributed by atoms with E-state index in [-0.39, 0.29) is 0 Å². The molecule has 1 aromatic rings. The highest BCUT2D eigenvalue weighted by Gasteiger charge is 2.12. The minimum absolute atomic E-state index is 0.383. The molecule has 0 amide bonds. The average molecular weight is 206 g/mol. The quantitative estimate of drug-likeness (QED) is 0.780. The van der Waals surface area contributed by atoms with Gasteiger partial charge in [-0.15, -0.1) is 0 Å². The molecule has 0 spiro atoms. The number of hydrogen-bond acceptors (Lipinski definition) is 1. The molecule has 0 saturated heterocycles. The van der Waals surface area contributed by atoms with Crippen molar-refractivity contribution >= 4 is 0 Å². The van der Waals surface area contributed by atoms with Crippen LogP contribution < -0.4 is 0 Å². The number of hydrogen-bond donors (Lipinski definition) is 1. The lowest BCUT2D eigenvalue weighted by atomic mass is 9.89. The highest BCUT2D eigenvalue weighted by Crippen LogP contribution is 2.32. The zero-order chi connectivity index (χ0) is 11.6. The van der Waals surface area contributed by atoms with Gasteiger partial charge in [0.25, 0.3) is 0 Å². The molecule has 0 aromatic heterocycles. The van der Waals surface area contributed by atoms with E-state index in [0.717, 1.165) is 12.0 Å². The van der Waals surface area contributed by atoms with Crippen LogP contribution in [-0.4, -0.2) is 5.11 Å². The van der Waals surface area contributed by atoms with Gasteiger partial charge in [0.05, 0.1) is 0 Å². The summed E-state index contributed by atoms with van der Waals surface area (Å²) < 4.78 is 0. The first-order valence-corrected chi connectivity index (χ1v) is 5.80. The number of rotatable bonds is 3. The van der Waals surface area contributed by atoms with Crippen LogP contribution in [-0.2, 0) is 0 Å². The van der Waals surface area contributed by atoms with Crippen LogP contribution in [0.3, 0.4) is 0 Å². The summed E-state index contributed by atoms with van der Waals surface area (Å²) in [4.78, 5) is 0. The van der Waals surface area contributed by atoms with Gasteiger partial charge in [-0.1, -0.05) is 33.8 Å². The van der Waals surface area contributed by atoms with Gasteiger partial charge in [-0.3, -0.25) is 0 Å². The number of phenols is 1. The summed E-state index contributed by atoms with van der Waals surface area (Å²) in [5, 5.41) is 9.84. The Morgan fingerprint density at radius 1 is 1.13 bits per heavy atom. The van der Waals surface area contributed by atoms with E-state index < -0.39 is 0 Å². The van der Waals surface area contributed by atoms with Crippen molar-refractivity contribution in [2.45, 2.75) is 52.9 Å². The topological polar surface area (TPSA) is 20.2 Å². The van der Waals surface area contributed by atoms with E-state index in [9.17, 15) is 5.11 Å². The molecular weight excluding hydrogens is 184 g/mol. The highest BCUT2D eigenvalue weighted by molar-refractivity contribution is 5.44. The van der Waals surface area contributed by atoms with Crippen LogP contribution in [0.4, 0.5) is 0 Å². The summed E-state index contributed by atoms with van der Waals surface area (Å²) in [7, 11) is 0. The second kappa shape index (κ2) is 4.69. The van der Waals surface area contributed by atoms with Crippen LogP contribution >= 0.6 is 0 Å². The predicted molar refractivity (Wildman–Crippen MR) is 65.6 cm³/mol. The Bertz CT molecular complexity index is 339. The van der Waals surface area contributed by atoms with E-state index in [2.05, 4.69) is 40.7 Å². The molecule has 84 valence electrons. The van der Waals surface area contributed by atoms with Crippen molar-refractivity contribution in [1.29, 1.82) is 0 Å². The molecule has 0 radical (unpaired) electrons. The maximum absolute atomic E-state index is 9.84. The van der Waals surface area contributed by atoms with E-state index in [1.807, 2.05) is 6.07 Å². The van der Waals surface area contributed by atoms with Crippen LogP contribution in [0, 0.1) is 6.92 Å². The lowest BCUT2D eigenvalue weighted by Crippen LogP contribution is -1.99. The molecule has 1 rings (SSSR count). The maximum Gasteiger partial charge on any atom is 0.119 e. The van der Waals surface area contributed by atoms with Crippen molar-refractivity contribution in [3.05, 3.63) is 28.8 Å². The van der Waals surface area contributed by atoms with Gasteiger partial charge in [0.1, 0.15) is 5.75 Å². The molecule has 0 saturated carbocycles. The lowest BCUT2D eigenvalue weighted by Gasteiger charge is -2.17. The Hall–Kier alpha value is -0.980. The largest absolute Gasteiger partial charge is 0.508 e. The van der Waals surface area contributed by atoms with Gasteiger partial charge in [0, 0.05) is 0 Å². The zero-order valence-corrected chi connectivity index (χ0v) is 10.5. The Balaban J connectivity index is 3.23. The van der Waals surface area contributed by atoms with Gasteiger partial charge in [0.15, 0.2) is 0 Å². The lowest BCUT2D eigenvalue weighted by molar-refractivity contribution is 0.463.